The fraction of sp³-hybridized carbons (Fsp3) is 0.600. The van der Waals surface area contributed by atoms with Crippen molar-refractivity contribution in [2.24, 2.45) is 0 Å². The Hall–Kier alpha value is -1.46. The zero-order chi connectivity index (χ0) is 14.2. The Morgan fingerprint density at radius 2 is 2.40 bits per heavy atom. The van der Waals surface area contributed by atoms with E-state index in [9.17, 15) is 4.79 Å². The number of amides is 1. The van der Waals surface area contributed by atoms with Gasteiger partial charge in [0.2, 0.25) is 0 Å². The highest BCUT2D eigenvalue weighted by Crippen LogP contribution is 2.37. The highest BCUT2D eigenvalue weighted by atomic mass is 16.6. The summed E-state index contributed by atoms with van der Waals surface area (Å²) in [4.78, 5) is 18.7. The predicted molar refractivity (Wildman–Crippen MR) is 73.6 cm³/mol. The third-order valence-corrected chi connectivity index (χ3v) is 4.24. The van der Waals surface area contributed by atoms with E-state index in [-0.39, 0.29) is 17.6 Å². The van der Waals surface area contributed by atoms with Gasteiger partial charge in [-0.15, -0.1) is 0 Å². The van der Waals surface area contributed by atoms with E-state index in [1.54, 1.807) is 18.1 Å². The number of ether oxygens (including phenoxy) is 2. The van der Waals surface area contributed by atoms with Crippen LogP contribution in [0.1, 0.15) is 29.0 Å². The summed E-state index contributed by atoms with van der Waals surface area (Å²) in [7, 11) is 1.69. The molecule has 0 aromatic carbocycles. The van der Waals surface area contributed by atoms with E-state index in [4.69, 9.17) is 9.47 Å². The molecular formula is C15H20N2O3. The Kier molecular flexibility index (Phi) is 3.48. The van der Waals surface area contributed by atoms with Gasteiger partial charge >= 0.3 is 0 Å². The summed E-state index contributed by atoms with van der Waals surface area (Å²) in [5, 5.41) is 0. The number of likely N-dealkylation sites (tertiary alicyclic amines) is 1. The minimum absolute atomic E-state index is 0.0388. The van der Waals surface area contributed by atoms with Crippen LogP contribution >= 0.6 is 0 Å². The van der Waals surface area contributed by atoms with Gasteiger partial charge in [-0.25, -0.2) is 4.98 Å². The number of methoxy groups -OCH3 is 1. The zero-order valence-electron chi connectivity index (χ0n) is 12.0. The van der Waals surface area contributed by atoms with E-state index in [1.165, 1.54) is 0 Å². The van der Waals surface area contributed by atoms with E-state index in [2.05, 4.69) is 4.98 Å². The van der Waals surface area contributed by atoms with Crippen molar-refractivity contribution in [1.82, 2.24) is 9.88 Å². The molecule has 2 saturated heterocycles. The second kappa shape index (κ2) is 5.14. The average Bonchev–Trinajstić information content (AvgIpc) is 3.06. The van der Waals surface area contributed by atoms with Crippen LogP contribution in [0.4, 0.5) is 0 Å². The van der Waals surface area contributed by atoms with Crippen molar-refractivity contribution in [1.29, 1.82) is 0 Å². The SMILES string of the molecule is CO[C@H]1CN(C(=O)c2cccc(C)n2)C[C@@]12CCCO2. The number of hydrogen-bond donors (Lipinski definition) is 0. The van der Waals surface area contributed by atoms with Gasteiger partial charge in [0.1, 0.15) is 17.4 Å². The van der Waals surface area contributed by atoms with Crippen molar-refractivity contribution in [3.05, 3.63) is 29.6 Å². The van der Waals surface area contributed by atoms with Crippen LogP contribution in [-0.2, 0) is 9.47 Å². The molecule has 108 valence electrons. The monoisotopic (exact) mass is 276 g/mol. The van der Waals surface area contributed by atoms with E-state index in [1.807, 2.05) is 19.1 Å². The maximum absolute atomic E-state index is 12.6. The Labute approximate surface area is 118 Å². The number of carbonyl (C=O) groups excluding carboxylic acids is 1. The zero-order valence-corrected chi connectivity index (χ0v) is 12.0. The molecule has 1 aromatic heterocycles. The number of aryl methyl sites for hydroxylation is 1. The van der Waals surface area contributed by atoms with Gasteiger partial charge in [-0.1, -0.05) is 6.07 Å². The summed E-state index contributed by atoms with van der Waals surface area (Å²) in [6.45, 7) is 3.82. The molecule has 20 heavy (non-hydrogen) atoms. The smallest absolute Gasteiger partial charge is 0.272 e. The minimum atomic E-state index is -0.311. The number of carbonyl (C=O) groups is 1. The molecule has 0 aliphatic carbocycles. The van der Waals surface area contributed by atoms with E-state index in [0.717, 1.165) is 25.1 Å². The highest BCUT2D eigenvalue weighted by molar-refractivity contribution is 5.92. The summed E-state index contributed by atoms with van der Waals surface area (Å²) in [5.74, 6) is -0.0388. The molecule has 2 fully saturated rings. The van der Waals surface area contributed by atoms with Crippen LogP contribution in [0.5, 0.6) is 0 Å². The summed E-state index contributed by atoms with van der Waals surface area (Å²) in [5.41, 5.74) is 1.04. The fourth-order valence-electron chi connectivity index (χ4n) is 3.22. The lowest BCUT2D eigenvalue weighted by Crippen LogP contribution is -2.42. The molecule has 0 N–H and O–H groups in total. The molecule has 3 rings (SSSR count). The van der Waals surface area contributed by atoms with Gasteiger partial charge in [-0.3, -0.25) is 4.79 Å². The fourth-order valence-corrected chi connectivity index (χ4v) is 3.22. The van der Waals surface area contributed by atoms with E-state index < -0.39 is 0 Å². The van der Waals surface area contributed by atoms with Gasteiger partial charge in [0.25, 0.3) is 5.91 Å². The average molecular weight is 276 g/mol. The van der Waals surface area contributed by atoms with Crippen molar-refractivity contribution in [3.8, 4) is 0 Å². The standard InChI is InChI=1S/C15H20N2O3/c1-11-5-3-6-12(16-11)14(18)17-9-13(19-2)15(10-17)7-4-8-20-15/h3,5-6,13H,4,7-10H2,1-2H3/t13-,15-/m0/s1. The van der Waals surface area contributed by atoms with Gasteiger partial charge in [0.05, 0.1) is 13.1 Å². The van der Waals surface area contributed by atoms with Gasteiger partial charge in [-0.05, 0) is 31.9 Å². The number of rotatable bonds is 2. The third-order valence-electron chi connectivity index (χ3n) is 4.24. The Morgan fingerprint density at radius 3 is 3.05 bits per heavy atom. The molecule has 1 aromatic rings. The van der Waals surface area contributed by atoms with E-state index in [0.29, 0.717) is 18.8 Å². The van der Waals surface area contributed by atoms with Crippen molar-refractivity contribution < 1.29 is 14.3 Å². The van der Waals surface area contributed by atoms with Crippen LogP contribution in [0, 0.1) is 6.92 Å². The van der Waals surface area contributed by atoms with Gasteiger partial charge in [0, 0.05) is 19.4 Å². The molecule has 2 aliphatic rings. The first-order valence-electron chi connectivity index (χ1n) is 7.04. The number of pyridine rings is 1. The molecule has 5 heteroatoms. The van der Waals surface area contributed by atoms with Crippen molar-refractivity contribution in [3.63, 3.8) is 0 Å². The maximum atomic E-state index is 12.6. The Morgan fingerprint density at radius 1 is 1.55 bits per heavy atom. The first-order valence-corrected chi connectivity index (χ1v) is 7.04. The lowest BCUT2D eigenvalue weighted by molar-refractivity contribution is -0.0754. The predicted octanol–water partition coefficient (Wildman–Crippen LogP) is 1.41. The summed E-state index contributed by atoms with van der Waals surface area (Å²) < 4.78 is 11.5. The summed E-state index contributed by atoms with van der Waals surface area (Å²) >= 11 is 0. The molecule has 1 amide bonds. The van der Waals surface area contributed by atoms with Crippen LogP contribution in [0.25, 0.3) is 0 Å². The summed E-state index contributed by atoms with van der Waals surface area (Å²) in [6.07, 6.45) is 1.94. The molecule has 0 bridgehead atoms. The number of nitrogens with zero attached hydrogens (tertiary/aromatic N) is 2. The van der Waals surface area contributed by atoms with Crippen molar-refractivity contribution in [2.75, 3.05) is 26.8 Å². The quantitative estimate of drug-likeness (QED) is 0.819. The Balaban J connectivity index is 1.80. The van der Waals surface area contributed by atoms with Crippen LogP contribution in [0.2, 0.25) is 0 Å². The summed E-state index contributed by atoms with van der Waals surface area (Å²) in [6, 6.07) is 5.51. The van der Waals surface area contributed by atoms with Gasteiger partial charge in [-0.2, -0.15) is 0 Å². The topological polar surface area (TPSA) is 51.7 Å². The largest absolute Gasteiger partial charge is 0.377 e. The molecule has 0 radical (unpaired) electrons. The molecule has 2 aliphatic heterocycles. The van der Waals surface area contributed by atoms with Crippen LogP contribution in [0.15, 0.2) is 18.2 Å². The number of hydrogen-bond acceptors (Lipinski definition) is 4. The number of aromatic nitrogens is 1. The lowest BCUT2D eigenvalue weighted by atomic mass is 9.96. The Bertz CT molecular complexity index is 512. The van der Waals surface area contributed by atoms with Crippen LogP contribution in [0.3, 0.4) is 0 Å². The second-order valence-electron chi connectivity index (χ2n) is 5.59. The minimum Gasteiger partial charge on any atom is -0.377 e. The normalized spacial score (nSPS) is 29.3. The van der Waals surface area contributed by atoms with Gasteiger partial charge in [0.15, 0.2) is 0 Å². The van der Waals surface area contributed by atoms with Crippen LogP contribution < -0.4 is 0 Å². The highest BCUT2D eigenvalue weighted by Gasteiger charge is 2.51. The molecule has 3 heterocycles. The second-order valence-corrected chi connectivity index (χ2v) is 5.59. The molecule has 2 atom stereocenters. The lowest BCUT2D eigenvalue weighted by Gasteiger charge is -2.27. The van der Waals surface area contributed by atoms with Gasteiger partial charge < -0.3 is 14.4 Å². The molecule has 5 nitrogen and oxygen atoms in total. The molecule has 1 spiro atoms. The first-order chi connectivity index (χ1) is 9.64. The van der Waals surface area contributed by atoms with Crippen molar-refractivity contribution >= 4 is 5.91 Å². The maximum Gasteiger partial charge on any atom is 0.272 e. The van der Waals surface area contributed by atoms with Crippen molar-refractivity contribution in [2.45, 2.75) is 31.5 Å². The first kappa shape index (κ1) is 13.5. The third kappa shape index (κ3) is 2.21. The molecule has 0 unspecified atom stereocenters. The molecule has 0 saturated carbocycles. The van der Waals surface area contributed by atoms with Crippen LogP contribution in [-0.4, -0.2) is 54.3 Å². The molecular weight excluding hydrogens is 256 g/mol. The van der Waals surface area contributed by atoms with E-state index >= 15 is 0 Å².